The van der Waals surface area contributed by atoms with Gasteiger partial charge in [0, 0.05) is 24.9 Å². The van der Waals surface area contributed by atoms with Crippen LogP contribution in [0.25, 0.3) is 10.4 Å². The summed E-state index contributed by atoms with van der Waals surface area (Å²) in [4.78, 5) is 37.5. The van der Waals surface area contributed by atoms with Crippen molar-refractivity contribution in [1.29, 1.82) is 0 Å². The van der Waals surface area contributed by atoms with Gasteiger partial charge in [-0.15, -0.1) is 11.3 Å². The highest BCUT2D eigenvalue weighted by atomic mass is 35.5. The van der Waals surface area contributed by atoms with Crippen LogP contribution in [-0.2, 0) is 4.79 Å². The Bertz CT molecular complexity index is 998. The molecule has 10 heteroatoms. The molecule has 26 heavy (non-hydrogen) atoms. The summed E-state index contributed by atoms with van der Waals surface area (Å²) >= 11 is 8.75. The fourth-order valence-electron chi connectivity index (χ4n) is 2.21. The quantitative estimate of drug-likeness (QED) is 0.633. The summed E-state index contributed by atoms with van der Waals surface area (Å²) in [6.07, 6.45) is 3.22. The number of thiazole rings is 2. The predicted octanol–water partition coefficient (Wildman–Crippen LogP) is 4.14. The Hall–Kier alpha value is -2.36. The van der Waals surface area contributed by atoms with E-state index in [0.717, 1.165) is 15.4 Å². The summed E-state index contributed by atoms with van der Waals surface area (Å²) in [5.41, 5.74) is 1.80. The third-order valence-corrected chi connectivity index (χ3v) is 5.60. The van der Waals surface area contributed by atoms with Gasteiger partial charge in [0.05, 0.1) is 21.3 Å². The van der Waals surface area contributed by atoms with Crippen LogP contribution < -0.4 is 10.6 Å². The Kier molecular flexibility index (Phi) is 5.30. The van der Waals surface area contributed by atoms with Crippen LogP contribution in [0.3, 0.4) is 0 Å². The molecule has 0 spiro atoms. The Morgan fingerprint density at radius 1 is 1.12 bits per heavy atom. The molecule has 0 saturated heterocycles. The van der Waals surface area contributed by atoms with Crippen LogP contribution in [-0.4, -0.2) is 26.8 Å². The summed E-state index contributed by atoms with van der Waals surface area (Å²) in [6, 6.07) is 1.72. The second kappa shape index (κ2) is 7.48. The number of carbonyl (C=O) groups excluding carboxylic acids is 2. The Balaban J connectivity index is 1.86. The maximum absolute atomic E-state index is 12.5. The first-order chi connectivity index (χ1) is 12.3. The molecule has 2 amide bonds. The molecule has 0 bridgehead atoms. The van der Waals surface area contributed by atoms with Crippen molar-refractivity contribution in [2.24, 2.45) is 0 Å². The number of hydrogen-bond donors (Lipinski definition) is 2. The third-order valence-electron chi connectivity index (χ3n) is 3.27. The molecular weight excluding hydrogens is 394 g/mol. The molecule has 0 saturated carbocycles. The lowest BCUT2D eigenvalue weighted by Crippen LogP contribution is -2.12. The van der Waals surface area contributed by atoms with Gasteiger partial charge in [-0.2, -0.15) is 0 Å². The lowest BCUT2D eigenvalue weighted by atomic mass is 10.2. The van der Waals surface area contributed by atoms with Gasteiger partial charge in [-0.1, -0.05) is 22.9 Å². The van der Waals surface area contributed by atoms with Crippen molar-refractivity contribution >= 4 is 56.9 Å². The standard InChI is InChI=1S/C16H14ClN5O2S2/c1-7-13(25-9(3)20-7)15(24)22-11-4-10(5-18-14(11)17)12-6-19-16(26-12)21-8(2)23/h4-6H,1-3H3,(H,22,24)(H,19,21,23). The lowest BCUT2D eigenvalue weighted by Gasteiger charge is -2.07. The van der Waals surface area contributed by atoms with Gasteiger partial charge in [-0.05, 0) is 19.9 Å². The second-order valence-electron chi connectivity index (χ2n) is 5.37. The molecule has 0 aliphatic heterocycles. The molecule has 0 radical (unpaired) electrons. The lowest BCUT2D eigenvalue weighted by molar-refractivity contribution is -0.114. The molecule has 0 atom stereocenters. The highest BCUT2D eigenvalue weighted by molar-refractivity contribution is 7.19. The first kappa shape index (κ1) is 18.4. The van der Waals surface area contributed by atoms with Crippen molar-refractivity contribution in [3.8, 4) is 10.4 Å². The minimum absolute atomic E-state index is 0.188. The summed E-state index contributed by atoms with van der Waals surface area (Å²) in [5, 5.41) is 6.91. The minimum Gasteiger partial charge on any atom is -0.319 e. The molecule has 2 N–H and O–H groups in total. The van der Waals surface area contributed by atoms with Crippen molar-refractivity contribution < 1.29 is 9.59 Å². The van der Waals surface area contributed by atoms with Gasteiger partial charge in [-0.3, -0.25) is 9.59 Å². The smallest absolute Gasteiger partial charge is 0.267 e. The van der Waals surface area contributed by atoms with Crippen LogP contribution in [0.1, 0.15) is 27.3 Å². The predicted molar refractivity (Wildman–Crippen MR) is 104 cm³/mol. The average molecular weight is 408 g/mol. The number of anilines is 2. The summed E-state index contributed by atoms with van der Waals surface area (Å²) in [5.74, 6) is -0.472. The van der Waals surface area contributed by atoms with Crippen LogP contribution in [0.2, 0.25) is 5.15 Å². The molecule has 134 valence electrons. The van der Waals surface area contributed by atoms with Crippen LogP contribution in [0.4, 0.5) is 10.8 Å². The topological polar surface area (TPSA) is 96.9 Å². The van der Waals surface area contributed by atoms with E-state index >= 15 is 0 Å². The maximum Gasteiger partial charge on any atom is 0.267 e. The van der Waals surface area contributed by atoms with Gasteiger partial charge in [0.2, 0.25) is 5.91 Å². The molecule has 7 nitrogen and oxygen atoms in total. The van der Waals surface area contributed by atoms with E-state index in [2.05, 4.69) is 25.6 Å². The van der Waals surface area contributed by atoms with E-state index in [-0.39, 0.29) is 17.0 Å². The average Bonchev–Trinajstić information content (AvgIpc) is 3.15. The number of carbonyl (C=O) groups is 2. The minimum atomic E-state index is -0.280. The van der Waals surface area contributed by atoms with E-state index < -0.39 is 0 Å². The molecule has 0 aromatic carbocycles. The van der Waals surface area contributed by atoms with Crippen molar-refractivity contribution in [3.05, 3.63) is 39.2 Å². The Morgan fingerprint density at radius 2 is 1.88 bits per heavy atom. The van der Waals surface area contributed by atoms with Crippen LogP contribution in [0.5, 0.6) is 0 Å². The van der Waals surface area contributed by atoms with Gasteiger partial charge in [-0.25, -0.2) is 15.0 Å². The molecule has 0 fully saturated rings. The van der Waals surface area contributed by atoms with Gasteiger partial charge >= 0.3 is 0 Å². The Morgan fingerprint density at radius 3 is 2.54 bits per heavy atom. The molecule has 0 aliphatic rings. The number of nitrogens with zero attached hydrogens (tertiary/aromatic N) is 3. The first-order valence-corrected chi connectivity index (χ1v) is 9.49. The molecular formula is C16H14ClN5O2S2. The van der Waals surface area contributed by atoms with Gasteiger partial charge in [0.15, 0.2) is 10.3 Å². The zero-order valence-electron chi connectivity index (χ0n) is 14.1. The number of hydrogen-bond acceptors (Lipinski definition) is 7. The SMILES string of the molecule is CC(=O)Nc1ncc(-c2cnc(Cl)c(NC(=O)c3sc(C)nc3C)c2)s1. The van der Waals surface area contributed by atoms with E-state index in [1.807, 2.05) is 6.92 Å². The number of aromatic nitrogens is 3. The van der Waals surface area contributed by atoms with E-state index in [1.54, 1.807) is 25.4 Å². The molecule has 3 aromatic rings. The number of amides is 2. The number of pyridine rings is 1. The molecule has 3 rings (SSSR count). The second-order valence-corrected chi connectivity index (χ2v) is 7.97. The zero-order chi connectivity index (χ0) is 18.8. The van der Waals surface area contributed by atoms with E-state index in [9.17, 15) is 9.59 Å². The molecule has 3 heterocycles. The largest absolute Gasteiger partial charge is 0.319 e. The summed E-state index contributed by atoms with van der Waals surface area (Å²) < 4.78 is 0. The van der Waals surface area contributed by atoms with Crippen molar-refractivity contribution in [1.82, 2.24) is 15.0 Å². The Labute approximate surface area is 162 Å². The third kappa shape index (κ3) is 4.06. The van der Waals surface area contributed by atoms with E-state index in [4.69, 9.17) is 11.6 Å². The number of halogens is 1. The fraction of sp³-hybridized carbons (Fsp3) is 0.188. The zero-order valence-corrected chi connectivity index (χ0v) is 16.5. The van der Waals surface area contributed by atoms with Crippen molar-refractivity contribution in [2.45, 2.75) is 20.8 Å². The van der Waals surface area contributed by atoms with Crippen LogP contribution in [0.15, 0.2) is 18.5 Å². The molecule has 0 unspecified atom stereocenters. The van der Waals surface area contributed by atoms with Crippen molar-refractivity contribution in [2.75, 3.05) is 10.6 Å². The highest BCUT2D eigenvalue weighted by Crippen LogP contribution is 2.32. The number of rotatable bonds is 4. The van der Waals surface area contributed by atoms with Crippen molar-refractivity contribution in [3.63, 3.8) is 0 Å². The normalized spacial score (nSPS) is 10.6. The summed E-state index contributed by atoms with van der Waals surface area (Å²) in [7, 11) is 0. The van der Waals surface area contributed by atoms with E-state index in [1.165, 1.54) is 29.6 Å². The number of nitrogens with one attached hydrogen (secondary N) is 2. The van der Waals surface area contributed by atoms with Crippen LogP contribution >= 0.6 is 34.3 Å². The number of aryl methyl sites for hydroxylation is 2. The molecule has 0 aliphatic carbocycles. The maximum atomic E-state index is 12.5. The first-order valence-electron chi connectivity index (χ1n) is 7.48. The summed E-state index contributed by atoms with van der Waals surface area (Å²) in [6.45, 7) is 5.05. The van der Waals surface area contributed by atoms with Gasteiger partial charge < -0.3 is 10.6 Å². The van der Waals surface area contributed by atoms with E-state index in [0.29, 0.717) is 21.4 Å². The molecule has 3 aromatic heterocycles. The van der Waals surface area contributed by atoms with Gasteiger partial charge in [0.25, 0.3) is 5.91 Å². The monoisotopic (exact) mass is 407 g/mol. The van der Waals surface area contributed by atoms with Gasteiger partial charge in [0.1, 0.15) is 4.88 Å². The highest BCUT2D eigenvalue weighted by Gasteiger charge is 2.16. The van der Waals surface area contributed by atoms with Crippen LogP contribution in [0, 0.1) is 13.8 Å². The fourth-order valence-corrected chi connectivity index (χ4v) is 4.02.